The molecule has 1 aliphatic heterocycles. The largest absolute Gasteiger partial charge is 0.379 e. The Kier molecular flexibility index (Phi) is 6.30. The Hall–Kier alpha value is -2.78. The lowest BCUT2D eigenvalue weighted by Crippen LogP contribution is -2.42. The number of aromatic amines is 1. The van der Waals surface area contributed by atoms with Crippen LogP contribution in [0.3, 0.4) is 0 Å². The summed E-state index contributed by atoms with van der Waals surface area (Å²) in [5, 5.41) is 4.59. The lowest BCUT2D eigenvalue weighted by Gasteiger charge is -2.30. The fraction of sp³-hybridized carbons (Fsp3) is 0.522. The van der Waals surface area contributed by atoms with Crippen molar-refractivity contribution in [1.29, 1.82) is 0 Å². The monoisotopic (exact) mass is 442 g/mol. The van der Waals surface area contributed by atoms with Crippen molar-refractivity contribution in [2.75, 3.05) is 44.3 Å². The van der Waals surface area contributed by atoms with E-state index >= 15 is 0 Å². The van der Waals surface area contributed by atoms with E-state index in [4.69, 9.17) is 9.72 Å². The van der Waals surface area contributed by atoms with Gasteiger partial charge in [-0.25, -0.2) is 9.37 Å². The van der Waals surface area contributed by atoms with Crippen LogP contribution in [0.1, 0.15) is 32.0 Å². The molecular weight excluding hydrogens is 411 g/mol. The van der Waals surface area contributed by atoms with E-state index in [1.807, 2.05) is 4.90 Å². The number of morpholine rings is 1. The van der Waals surface area contributed by atoms with E-state index in [-0.39, 0.29) is 16.8 Å². The first-order valence-electron chi connectivity index (χ1n) is 11.0. The third kappa shape index (κ3) is 4.83. The summed E-state index contributed by atoms with van der Waals surface area (Å²) < 4.78 is 20.5. The predicted molar refractivity (Wildman–Crippen MR) is 123 cm³/mol. The fourth-order valence-corrected chi connectivity index (χ4v) is 3.98. The SMILES string of the molecule is Cn1nc(C(C)(C)C)c2nc(N(CCN3CCOCC3)Cc3ccc(F)cc3)[nH]c(=O)c21. The van der Waals surface area contributed by atoms with Crippen LogP contribution in [-0.4, -0.2) is 64.0 Å². The molecule has 4 rings (SSSR count). The topological polar surface area (TPSA) is 79.3 Å². The molecule has 0 spiro atoms. The number of fused-ring (bicyclic) bond motifs is 1. The normalized spacial score (nSPS) is 15.4. The van der Waals surface area contributed by atoms with E-state index < -0.39 is 0 Å². The van der Waals surface area contributed by atoms with Gasteiger partial charge in [0.2, 0.25) is 5.95 Å². The van der Waals surface area contributed by atoms with E-state index in [1.54, 1.807) is 23.9 Å². The van der Waals surface area contributed by atoms with Gasteiger partial charge in [0.15, 0.2) is 5.52 Å². The number of hydrogen-bond donors (Lipinski definition) is 1. The number of nitrogens with zero attached hydrogens (tertiary/aromatic N) is 5. The highest BCUT2D eigenvalue weighted by atomic mass is 19.1. The van der Waals surface area contributed by atoms with Gasteiger partial charge in [0, 0.05) is 45.2 Å². The maximum absolute atomic E-state index is 13.4. The summed E-state index contributed by atoms with van der Waals surface area (Å²) in [7, 11) is 1.77. The molecule has 3 heterocycles. The van der Waals surface area contributed by atoms with Crippen molar-refractivity contribution >= 4 is 17.0 Å². The molecule has 0 atom stereocenters. The lowest BCUT2D eigenvalue weighted by molar-refractivity contribution is 0.0391. The number of anilines is 1. The average molecular weight is 443 g/mol. The van der Waals surface area contributed by atoms with Crippen molar-refractivity contribution in [3.8, 4) is 0 Å². The van der Waals surface area contributed by atoms with Crippen LogP contribution in [0.15, 0.2) is 29.1 Å². The highest BCUT2D eigenvalue weighted by Crippen LogP contribution is 2.27. The molecule has 1 aromatic carbocycles. The number of rotatable bonds is 6. The third-order valence-electron chi connectivity index (χ3n) is 5.77. The highest BCUT2D eigenvalue weighted by Gasteiger charge is 2.26. The summed E-state index contributed by atoms with van der Waals surface area (Å²) >= 11 is 0. The van der Waals surface area contributed by atoms with Crippen molar-refractivity contribution in [2.45, 2.75) is 32.7 Å². The molecule has 1 N–H and O–H groups in total. The highest BCUT2D eigenvalue weighted by molar-refractivity contribution is 5.78. The van der Waals surface area contributed by atoms with Crippen LogP contribution in [-0.2, 0) is 23.7 Å². The minimum atomic E-state index is -0.272. The molecule has 9 heteroatoms. The molecule has 2 aromatic heterocycles. The van der Waals surface area contributed by atoms with E-state index in [9.17, 15) is 9.18 Å². The van der Waals surface area contributed by atoms with Gasteiger partial charge in [0.05, 0.1) is 18.9 Å². The van der Waals surface area contributed by atoms with Gasteiger partial charge in [-0.2, -0.15) is 5.10 Å². The summed E-state index contributed by atoms with van der Waals surface area (Å²) in [6, 6.07) is 6.43. The number of halogens is 1. The average Bonchev–Trinajstić information content (AvgIpc) is 3.10. The van der Waals surface area contributed by atoms with Gasteiger partial charge in [-0.05, 0) is 17.7 Å². The zero-order valence-corrected chi connectivity index (χ0v) is 19.2. The van der Waals surface area contributed by atoms with Crippen molar-refractivity contribution in [3.63, 3.8) is 0 Å². The van der Waals surface area contributed by atoms with Gasteiger partial charge < -0.3 is 9.64 Å². The van der Waals surface area contributed by atoms with Crippen molar-refractivity contribution in [2.24, 2.45) is 7.05 Å². The molecule has 1 aliphatic rings. The van der Waals surface area contributed by atoms with Crippen LogP contribution >= 0.6 is 0 Å². The van der Waals surface area contributed by atoms with Crippen LogP contribution in [0.25, 0.3) is 11.0 Å². The van der Waals surface area contributed by atoms with E-state index in [0.717, 1.165) is 44.1 Å². The van der Waals surface area contributed by atoms with Crippen LogP contribution in [0, 0.1) is 5.82 Å². The van der Waals surface area contributed by atoms with Gasteiger partial charge in [0.1, 0.15) is 11.3 Å². The second kappa shape index (κ2) is 8.99. The molecule has 0 aliphatic carbocycles. The molecule has 0 radical (unpaired) electrons. The third-order valence-corrected chi connectivity index (χ3v) is 5.77. The first kappa shape index (κ1) is 22.4. The minimum Gasteiger partial charge on any atom is -0.379 e. The molecule has 3 aromatic rings. The molecule has 0 amide bonds. The summed E-state index contributed by atoms with van der Waals surface area (Å²) in [4.78, 5) is 25.2. The van der Waals surface area contributed by atoms with Crippen molar-refractivity contribution in [3.05, 3.63) is 51.7 Å². The predicted octanol–water partition coefficient (Wildman–Crippen LogP) is 2.43. The number of aromatic nitrogens is 4. The summed E-state index contributed by atoms with van der Waals surface area (Å²) in [5.41, 5.74) is 2.34. The van der Waals surface area contributed by atoms with Crippen LogP contribution < -0.4 is 10.5 Å². The van der Waals surface area contributed by atoms with Gasteiger partial charge in [-0.15, -0.1) is 0 Å². The second-order valence-corrected chi connectivity index (χ2v) is 9.31. The zero-order chi connectivity index (χ0) is 22.9. The summed E-state index contributed by atoms with van der Waals surface area (Å²) in [6.07, 6.45) is 0. The molecule has 1 saturated heterocycles. The Balaban J connectivity index is 1.71. The Bertz CT molecular complexity index is 1130. The van der Waals surface area contributed by atoms with Crippen LogP contribution in [0.2, 0.25) is 0 Å². The zero-order valence-electron chi connectivity index (χ0n) is 19.2. The fourth-order valence-electron chi connectivity index (χ4n) is 3.98. The van der Waals surface area contributed by atoms with Crippen LogP contribution in [0.4, 0.5) is 10.3 Å². The first-order valence-corrected chi connectivity index (χ1v) is 11.0. The Morgan fingerprint density at radius 3 is 2.53 bits per heavy atom. The number of ether oxygens (including phenoxy) is 1. The first-order chi connectivity index (χ1) is 15.2. The van der Waals surface area contributed by atoms with Gasteiger partial charge in [0.25, 0.3) is 5.56 Å². The Labute approximate surface area is 187 Å². The molecule has 172 valence electrons. The van der Waals surface area contributed by atoms with Gasteiger partial charge >= 0.3 is 0 Å². The molecule has 0 unspecified atom stereocenters. The molecule has 32 heavy (non-hydrogen) atoms. The second-order valence-electron chi connectivity index (χ2n) is 9.31. The number of benzene rings is 1. The van der Waals surface area contributed by atoms with E-state index in [1.165, 1.54) is 12.1 Å². The maximum Gasteiger partial charge on any atom is 0.278 e. The number of nitrogens with one attached hydrogen (secondary N) is 1. The Morgan fingerprint density at radius 1 is 1.19 bits per heavy atom. The molecule has 0 bridgehead atoms. The number of H-pyrrole nitrogens is 1. The molecule has 1 fully saturated rings. The Morgan fingerprint density at radius 2 is 1.88 bits per heavy atom. The van der Waals surface area contributed by atoms with Gasteiger partial charge in [-0.3, -0.25) is 19.4 Å². The van der Waals surface area contributed by atoms with Crippen molar-refractivity contribution < 1.29 is 9.13 Å². The number of hydrogen-bond acceptors (Lipinski definition) is 6. The standard InChI is InChI=1S/C23H31FN6O2/c1-23(2,3)20-18-19(28(4)27-20)21(31)26-22(25-18)30(10-9-29-11-13-32-14-12-29)15-16-5-7-17(24)8-6-16/h5-8H,9-15H2,1-4H3,(H,25,26,31). The maximum atomic E-state index is 13.4. The van der Waals surface area contributed by atoms with E-state index in [2.05, 4.69) is 35.8 Å². The quantitative estimate of drug-likeness (QED) is 0.632. The summed E-state index contributed by atoms with van der Waals surface area (Å²) in [6.45, 7) is 11.4. The molecular formula is C23H31FN6O2. The lowest BCUT2D eigenvalue weighted by atomic mass is 9.91. The molecule has 8 nitrogen and oxygen atoms in total. The number of aryl methyl sites for hydroxylation is 1. The van der Waals surface area contributed by atoms with E-state index in [0.29, 0.717) is 30.1 Å². The molecule has 0 saturated carbocycles. The van der Waals surface area contributed by atoms with Crippen LogP contribution in [0.5, 0.6) is 0 Å². The minimum absolute atomic E-state index is 0.217. The van der Waals surface area contributed by atoms with Crippen molar-refractivity contribution in [1.82, 2.24) is 24.6 Å². The van der Waals surface area contributed by atoms with Gasteiger partial charge in [-0.1, -0.05) is 32.9 Å². The smallest absolute Gasteiger partial charge is 0.278 e. The summed E-state index contributed by atoms with van der Waals surface area (Å²) in [5.74, 6) is 0.227.